The molecule has 1 aliphatic rings. The van der Waals surface area contributed by atoms with Crippen molar-refractivity contribution in [2.45, 2.75) is 13.1 Å². The summed E-state index contributed by atoms with van der Waals surface area (Å²) in [7, 11) is 0. The van der Waals surface area contributed by atoms with Crippen LogP contribution in [-0.2, 0) is 15.8 Å². The van der Waals surface area contributed by atoms with Crippen LogP contribution < -0.4 is 19.9 Å². The molecular weight excluding hydrogens is 485 g/mol. The van der Waals surface area contributed by atoms with Crippen LogP contribution >= 0.6 is 11.3 Å². The number of thiophene rings is 1. The van der Waals surface area contributed by atoms with Crippen LogP contribution in [-0.4, -0.2) is 24.4 Å². The molecule has 1 aliphatic heterocycles. The summed E-state index contributed by atoms with van der Waals surface area (Å²) in [5.41, 5.74) is 1.28. The van der Waals surface area contributed by atoms with Gasteiger partial charge in [-0.2, -0.15) is 13.2 Å². The third kappa shape index (κ3) is 5.19. The van der Waals surface area contributed by atoms with E-state index in [9.17, 15) is 27.6 Å². The van der Waals surface area contributed by atoms with E-state index in [4.69, 9.17) is 9.47 Å². The number of hydrazine groups is 1. The maximum Gasteiger partial charge on any atom is 0.416 e. The summed E-state index contributed by atoms with van der Waals surface area (Å²) in [5, 5.41) is 2.49. The molecule has 35 heavy (non-hydrogen) atoms. The Labute approximate surface area is 201 Å². The van der Waals surface area contributed by atoms with Crippen LogP contribution in [0.2, 0.25) is 0 Å². The van der Waals surface area contributed by atoms with Crippen LogP contribution in [0.5, 0.6) is 11.5 Å². The van der Waals surface area contributed by atoms with Crippen LogP contribution in [0.15, 0.2) is 65.6 Å². The number of halogens is 3. The Hall–Kier alpha value is -4.12. The summed E-state index contributed by atoms with van der Waals surface area (Å²) in [6.45, 7) is 1.99. The molecule has 2 heterocycles. The topological polar surface area (TPSA) is 84.9 Å². The van der Waals surface area contributed by atoms with Crippen molar-refractivity contribution in [2.75, 3.05) is 11.6 Å². The van der Waals surface area contributed by atoms with Gasteiger partial charge in [0, 0.05) is 0 Å². The number of alkyl halides is 3. The normalized spacial score (nSPS) is 14.9. The van der Waals surface area contributed by atoms with Gasteiger partial charge in [-0.15, -0.1) is 11.3 Å². The van der Waals surface area contributed by atoms with E-state index in [1.807, 2.05) is 0 Å². The largest absolute Gasteiger partial charge is 0.490 e. The number of benzene rings is 2. The van der Waals surface area contributed by atoms with Crippen molar-refractivity contribution in [3.63, 3.8) is 0 Å². The summed E-state index contributed by atoms with van der Waals surface area (Å²) in [5.74, 6) is -1.79. The van der Waals surface area contributed by atoms with Gasteiger partial charge >= 0.3 is 12.1 Å². The fourth-order valence-corrected chi connectivity index (χ4v) is 3.84. The molecule has 1 fully saturated rings. The number of carbonyl (C=O) groups excluding carboxylic acids is 3. The van der Waals surface area contributed by atoms with E-state index in [1.165, 1.54) is 41.7 Å². The highest BCUT2D eigenvalue weighted by Gasteiger charge is 2.36. The summed E-state index contributed by atoms with van der Waals surface area (Å²) in [4.78, 5) is 38.0. The van der Waals surface area contributed by atoms with Gasteiger partial charge in [0.05, 0.1) is 17.9 Å². The zero-order valence-electron chi connectivity index (χ0n) is 18.1. The number of amides is 2. The van der Waals surface area contributed by atoms with Gasteiger partial charge in [-0.1, -0.05) is 18.2 Å². The van der Waals surface area contributed by atoms with Gasteiger partial charge in [0.1, 0.15) is 10.5 Å². The highest BCUT2D eigenvalue weighted by Crippen LogP contribution is 2.33. The molecule has 0 aliphatic carbocycles. The Kier molecular flexibility index (Phi) is 6.61. The molecule has 1 N–H and O–H groups in total. The summed E-state index contributed by atoms with van der Waals surface area (Å²) < 4.78 is 50.1. The number of ether oxygens (including phenoxy) is 2. The molecule has 180 valence electrons. The Morgan fingerprint density at radius 1 is 1.09 bits per heavy atom. The van der Waals surface area contributed by atoms with E-state index < -0.39 is 29.5 Å². The molecule has 7 nitrogen and oxygen atoms in total. The lowest BCUT2D eigenvalue weighted by Crippen LogP contribution is -2.35. The van der Waals surface area contributed by atoms with Gasteiger partial charge in [-0.3, -0.25) is 15.0 Å². The first-order valence-corrected chi connectivity index (χ1v) is 11.1. The lowest BCUT2D eigenvalue weighted by atomic mass is 10.1. The number of rotatable bonds is 6. The first-order valence-electron chi connectivity index (χ1n) is 10.2. The molecule has 0 atom stereocenters. The molecule has 2 amide bonds. The maximum atomic E-state index is 13.0. The summed E-state index contributed by atoms with van der Waals surface area (Å²) in [6, 6.07) is 11.9. The molecule has 3 aromatic rings. The molecule has 1 saturated heterocycles. The standard InChI is InChI=1S/C24H17F3N2O5S/c1-2-33-19-12-14(8-9-18(19)34-23(32)20-7-4-10-35-20)11-17-21(30)28-29(22(17)31)16-6-3-5-15(13-16)24(25,26)27/h3-13H,2H2,1H3,(H,28,30)/b17-11+. The third-order valence-corrected chi connectivity index (χ3v) is 5.68. The van der Waals surface area contributed by atoms with Crippen LogP contribution in [0.1, 0.15) is 27.7 Å². The van der Waals surface area contributed by atoms with E-state index in [0.29, 0.717) is 10.4 Å². The number of hydrogen-bond acceptors (Lipinski definition) is 6. The fraction of sp³-hybridized carbons (Fsp3) is 0.125. The molecule has 0 bridgehead atoms. The smallest absolute Gasteiger partial charge is 0.416 e. The third-order valence-electron chi connectivity index (χ3n) is 4.83. The average molecular weight is 502 g/mol. The van der Waals surface area contributed by atoms with Gasteiger partial charge in [0.2, 0.25) is 0 Å². The first-order chi connectivity index (χ1) is 16.7. The fourth-order valence-electron chi connectivity index (χ4n) is 3.24. The van der Waals surface area contributed by atoms with Gasteiger partial charge in [-0.25, -0.2) is 9.80 Å². The number of esters is 1. The van der Waals surface area contributed by atoms with E-state index >= 15 is 0 Å². The first kappa shape index (κ1) is 24.0. The molecule has 0 spiro atoms. The van der Waals surface area contributed by atoms with E-state index in [0.717, 1.165) is 23.2 Å². The SMILES string of the molecule is CCOc1cc(/C=C2\C(=O)NN(c3cccc(C(F)(F)F)c3)C2=O)ccc1OC(=O)c1cccs1. The summed E-state index contributed by atoms with van der Waals surface area (Å²) >= 11 is 1.22. The predicted octanol–water partition coefficient (Wildman–Crippen LogP) is 4.85. The Balaban J connectivity index is 1.60. The minimum atomic E-state index is -4.61. The minimum absolute atomic E-state index is 0.132. The minimum Gasteiger partial charge on any atom is -0.490 e. The van der Waals surface area contributed by atoms with Crippen LogP contribution in [0, 0.1) is 0 Å². The number of anilines is 1. The van der Waals surface area contributed by atoms with Gasteiger partial charge in [0.15, 0.2) is 11.5 Å². The van der Waals surface area contributed by atoms with E-state index in [1.54, 1.807) is 24.4 Å². The van der Waals surface area contributed by atoms with Crippen LogP contribution in [0.25, 0.3) is 6.08 Å². The molecule has 11 heteroatoms. The van der Waals surface area contributed by atoms with Crippen molar-refractivity contribution >= 4 is 40.9 Å². The second-order valence-electron chi connectivity index (χ2n) is 7.19. The average Bonchev–Trinajstić information content (AvgIpc) is 3.45. The lowest BCUT2D eigenvalue weighted by molar-refractivity contribution is -0.137. The maximum absolute atomic E-state index is 13.0. The lowest BCUT2D eigenvalue weighted by Gasteiger charge is -2.16. The summed E-state index contributed by atoms with van der Waals surface area (Å²) in [6.07, 6.45) is -3.33. The molecule has 1 aromatic heterocycles. The molecule has 0 saturated carbocycles. The Morgan fingerprint density at radius 3 is 2.57 bits per heavy atom. The number of nitrogens with zero attached hydrogens (tertiary/aromatic N) is 1. The molecule has 0 unspecified atom stereocenters. The predicted molar refractivity (Wildman–Crippen MR) is 122 cm³/mol. The zero-order valence-corrected chi connectivity index (χ0v) is 18.9. The molecular formula is C24H17F3N2O5S. The highest BCUT2D eigenvalue weighted by molar-refractivity contribution is 7.12. The van der Waals surface area contributed by atoms with Gasteiger partial charge in [-0.05, 0) is 60.3 Å². The van der Waals surface area contributed by atoms with E-state index in [-0.39, 0.29) is 29.4 Å². The molecule has 0 radical (unpaired) electrons. The van der Waals surface area contributed by atoms with Gasteiger partial charge in [0.25, 0.3) is 11.8 Å². The second-order valence-corrected chi connectivity index (χ2v) is 8.14. The van der Waals surface area contributed by atoms with E-state index in [2.05, 4.69) is 5.43 Å². The van der Waals surface area contributed by atoms with Crippen molar-refractivity contribution in [2.24, 2.45) is 0 Å². The van der Waals surface area contributed by atoms with Gasteiger partial charge < -0.3 is 9.47 Å². The quantitative estimate of drug-likeness (QED) is 0.226. The van der Waals surface area contributed by atoms with Crippen LogP contribution in [0.3, 0.4) is 0 Å². The van der Waals surface area contributed by atoms with Crippen molar-refractivity contribution in [3.05, 3.63) is 81.6 Å². The molecule has 4 rings (SSSR count). The number of carbonyl (C=O) groups is 3. The monoisotopic (exact) mass is 502 g/mol. The Morgan fingerprint density at radius 2 is 1.89 bits per heavy atom. The van der Waals surface area contributed by atoms with Crippen molar-refractivity contribution in [3.8, 4) is 11.5 Å². The molecule has 2 aromatic carbocycles. The number of hydrogen-bond donors (Lipinski definition) is 1. The van der Waals surface area contributed by atoms with Crippen molar-refractivity contribution < 1.29 is 37.0 Å². The van der Waals surface area contributed by atoms with Crippen molar-refractivity contribution in [1.29, 1.82) is 0 Å². The Bertz CT molecular complexity index is 1320. The number of nitrogens with one attached hydrogen (secondary N) is 1. The zero-order chi connectivity index (χ0) is 25.2. The van der Waals surface area contributed by atoms with Crippen LogP contribution in [0.4, 0.5) is 18.9 Å². The van der Waals surface area contributed by atoms with Crippen molar-refractivity contribution in [1.82, 2.24) is 5.43 Å². The second kappa shape index (κ2) is 9.63. The highest BCUT2D eigenvalue weighted by atomic mass is 32.1.